The summed E-state index contributed by atoms with van der Waals surface area (Å²) in [6.45, 7) is 0.354. The number of carbonyl (C=O) groups excluding carboxylic acids is 1. The lowest BCUT2D eigenvalue weighted by molar-refractivity contribution is -0.119. The number of hydrogen-bond donors (Lipinski definition) is 2. The van der Waals surface area contributed by atoms with Gasteiger partial charge in [0, 0.05) is 40.5 Å². The Kier molecular flexibility index (Phi) is 3.62. The first-order chi connectivity index (χ1) is 12.2. The monoisotopic (exact) mass is 333 g/mol. The maximum absolute atomic E-state index is 12.1. The highest BCUT2D eigenvalue weighted by atomic mass is 16.5. The van der Waals surface area contributed by atoms with Gasteiger partial charge in [-0.05, 0) is 30.0 Å². The van der Waals surface area contributed by atoms with Gasteiger partial charge < -0.3 is 15.0 Å². The molecular weight excluding hydrogens is 318 g/mol. The fourth-order valence-electron chi connectivity index (χ4n) is 3.11. The van der Waals surface area contributed by atoms with E-state index in [1.54, 1.807) is 12.3 Å². The summed E-state index contributed by atoms with van der Waals surface area (Å²) >= 11 is 0. The Morgan fingerprint density at radius 3 is 2.92 bits per heavy atom. The zero-order valence-electron chi connectivity index (χ0n) is 13.3. The van der Waals surface area contributed by atoms with Crippen molar-refractivity contribution in [3.8, 4) is 18.2 Å². The Labute approximate surface area is 143 Å². The third-order valence-corrected chi connectivity index (χ3v) is 4.41. The second kappa shape index (κ2) is 5.95. The molecule has 6 heteroatoms. The number of terminal acetylenes is 1. The Morgan fingerprint density at radius 2 is 2.16 bits per heavy atom. The van der Waals surface area contributed by atoms with Crippen LogP contribution in [0.5, 0.6) is 5.88 Å². The van der Waals surface area contributed by atoms with E-state index in [1.807, 2.05) is 12.1 Å². The summed E-state index contributed by atoms with van der Waals surface area (Å²) in [7, 11) is 0. The first kappa shape index (κ1) is 15.2. The summed E-state index contributed by atoms with van der Waals surface area (Å²) in [6.07, 6.45) is 9.98. The second-order valence-corrected chi connectivity index (χ2v) is 6.02. The number of H-pyrrole nitrogens is 1. The summed E-state index contributed by atoms with van der Waals surface area (Å²) in [5, 5.41) is 5.70. The maximum atomic E-state index is 12.1. The number of benzene rings is 1. The van der Waals surface area contributed by atoms with Gasteiger partial charge in [0.15, 0.2) is 0 Å². The van der Waals surface area contributed by atoms with E-state index >= 15 is 0 Å². The van der Waals surface area contributed by atoms with Crippen LogP contribution in [0.1, 0.15) is 18.4 Å². The van der Waals surface area contributed by atoms with E-state index in [2.05, 4.69) is 21.2 Å². The predicted octanol–water partition coefficient (Wildman–Crippen LogP) is 1.71. The second-order valence-electron chi connectivity index (χ2n) is 6.02. The Bertz CT molecular complexity index is 1090. The van der Waals surface area contributed by atoms with Crippen molar-refractivity contribution in [2.45, 2.75) is 18.9 Å². The number of aromatic amines is 1. The van der Waals surface area contributed by atoms with Crippen LogP contribution in [-0.2, 0) is 4.79 Å². The molecule has 2 aromatic heterocycles. The molecule has 0 saturated carbocycles. The lowest BCUT2D eigenvalue weighted by Crippen LogP contribution is -2.31. The molecule has 25 heavy (non-hydrogen) atoms. The van der Waals surface area contributed by atoms with Crippen LogP contribution >= 0.6 is 0 Å². The Hall–Kier alpha value is -3.33. The first-order valence-corrected chi connectivity index (χ1v) is 7.98. The number of hydrogen-bond acceptors (Lipinski definition) is 4. The largest absolute Gasteiger partial charge is 0.475 e. The lowest BCUT2D eigenvalue weighted by Gasteiger charge is -2.13. The van der Waals surface area contributed by atoms with Gasteiger partial charge in [0.25, 0.3) is 5.56 Å². The number of nitrogens with one attached hydrogen (secondary N) is 2. The van der Waals surface area contributed by atoms with Crippen molar-refractivity contribution in [2.24, 2.45) is 0 Å². The van der Waals surface area contributed by atoms with Gasteiger partial charge in [-0.1, -0.05) is 5.92 Å². The minimum Gasteiger partial charge on any atom is -0.475 e. The molecule has 2 N–H and O–H groups in total. The number of fused-ring (bicyclic) bond motifs is 2. The van der Waals surface area contributed by atoms with Gasteiger partial charge in [0.05, 0.1) is 6.04 Å². The number of nitrogens with zero attached hydrogens (tertiary/aromatic N) is 1. The highest BCUT2D eigenvalue weighted by Crippen LogP contribution is 2.28. The van der Waals surface area contributed by atoms with Crippen molar-refractivity contribution >= 4 is 27.5 Å². The topological polar surface area (TPSA) is 84.1 Å². The summed E-state index contributed by atoms with van der Waals surface area (Å²) < 4.78 is 5.84. The fourth-order valence-corrected chi connectivity index (χ4v) is 3.11. The quantitative estimate of drug-likeness (QED) is 0.565. The van der Waals surface area contributed by atoms with Crippen LogP contribution in [0, 0.1) is 12.3 Å². The summed E-state index contributed by atoms with van der Waals surface area (Å²) in [5.74, 6) is 3.09. The number of pyridine rings is 2. The molecule has 3 heterocycles. The molecule has 1 aliphatic rings. The van der Waals surface area contributed by atoms with Crippen LogP contribution in [0.15, 0.2) is 35.4 Å². The molecule has 0 aliphatic carbocycles. The van der Waals surface area contributed by atoms with Crippen molar-refractivity contribution in [2.75, 3.05) is 6.61 Å². The average molecular weight is 333 g/mol. The molecule has 0 bridgehead atoms. The van der Waals surface area contributed by atoms with Crippen LogP contribution in [0.2, 0.25) is 0 Å². The Balaban J connectivity index is 1.79. The average Bonchev–Trinajstić information content (AvgIpc) is 3.04. The van der Waals surface area contributed by atoms with Crippen molar-refractivity contribution < 1.29 is 9.53 Å². The molecule has 1 saturated heterocycles. The van der Waals surface area contributed by atoms with E-state index in [9.17, 15) is 9.59 Å². The van der Waals surface area contributed by atoms with Gasteiger partial charge in [0.1, 0.15) is 6.61 Å². The maximum Gasteiger partial charge on any atom is 0.255 e. The SMILES string of the molecule is C#Cc1c[nH]c(=O)c2cc3ccnc(OC[C@@H]4CCC(=O)N4)c3cc12. The summed E-state index contributed by atoms with van der Waals surface area (Å²) in [5.41, 5.74) is 0.415. The van der Waals surface area contributed by atoms with Gasteiger partial charge in [0.2, 0.25) is 11.8 Å². The van der Waals surface area contributed by atoms with Crippen molar-refractivity contribution in [1.82, 2.24) is 15.3 Å². The third-order valence-electron chi connectivity index (χ3n) is 4.41. The number of aromatic nitrogens is 2. The molecule has 1 atom stereocenters. The van der Waals surface area contributed by atoms with E-state index in [0.29, 0.717) is 35.2 Å². The third kappa shape index (κ3) is 2.70. The van der Waals surface area contributed by atoms with Gasteiger partial charge in [-0.2, -0.15) is 0 Å². The van der Waals surface area contributed by atoms with E-state index in [1.165, 1.54) is 6.20 Å². The summed E-state index contributed by atoms with van der Waals surface area (Å²) in [6, 6.07) is 5.44. The van der Waals surface area contributed by atoms with Crippen LogP contribution in [0.4, 0.5) is 0 Å². The zero-order valence-corrected chi connectivity index (χ0v) is 13.3. The number of amides is 1. The minimum absolute atomic E-state index is 0.00544. The van der Waals surface area contributed by atoms with Gasteiger partial charge in [-0.3, -0.25) is 9.59 Å². The number of ether oxygens (including phenoxy) is 1. The highest BCUT2D eigenvalue weighted by molar-refractivity contribution is 6.01. The van der Waals surface area contributed by atoms with E-state index < -0.39 is 0 Å². The van der Waals surface area contributed by atoms with Gasteiger partial charge in [-0.15, -0.1) is 6.42 Å². The molecule has 1 amide bonds. The highest BCUT2D eigenvalue weighted by Gasteiger charge is 2.21. The molecule has 0 spiro atoms. The Morgan fingerprint density at radius 1 is 1.28 bits per heavy atom. The molecular formula is C19H15N3O3. The van der Waals surface area contributed by atoms with Gasteiger partial charge in [-0.25, -0.2) is 4.98 Å². The minimum atomic E-state index is -0.191. The molecule has 124 valence electrons. The fraction of sp³-hybridized carbons (Fsp3) is 0.211. The van der Waals surface area contributed by atoms with Crippen LogP contribution < -0.4 is 15.6 Å². The molecule has 3 aromatic rings. The van der Waals surface area contributed by atoms with Crippen LogP contribution in [0.25, 0.3) is 21.5 Å². The molecule has 1 fully saturated rings. The molecule has 0 radical (unpaired) electrons. The standard InChI is InChI=1S/C19H15N3O3/c1-2-11-9-21-18(24)16-7-12-5-6-20-19(15(12)8-14(11)16)25-10-13-3-4-17(23)22-13/h1,5-9,13H,3-4,10H2,(H,21,24)(H,22,23)/t13-/m0/s1. The summed E-state index contributed by atoms with van der Waals surface area (Å²) in [4.78, 5) is 30.3. The normalized spacial score (nSPS) is 16.8. The van der Waals surface area contributed by atoms with E-state index in [0.717, 1.165) is 17.2 Å². The smallest absolute Gasteiger partial charge is 0.255 e. The molecule has 1 aromatic carbocycles. The van der Waals surface area contributed by atoms with Crippen molar-refractivity contribution in [3.63, 3.8) is 0 Å². The van der Waals surface area contributed by atoms with E-state index in [-0.39, 0.29) is 17.5 Å². The number of carbonyl (C=O) groups is 1. The molecule has 4 rings (SSSR count). The lowest BCUT2D eigenvalue weighted by atomic mass is 10.0. The molecule has 1 aliphatic heterocycles. The van der Waals surface area contributed by atoms with Crippen LogP contribution in [0.3, 0.4) is 0 Å². The number of rotatable bonds is 3. The predicted molar refractivity (Wildman–Crippen MR) is 94.5 cm³/mol. The molecule has 6 nitrogen and oxygen atoms in total. The van der Waals surface area contributed by atoms with E-state index in [4.69, 9.17) is 11.2 Å². The van der Waals surface area contributed by atoms with Crippen molar-refractivity contribution in [1.29, 1.82) is 0 Å². The van der Waals surface area contributed by atoms with Gasteiger partial charge >= 0.3 is 0 Å². The zero-order chi connectivity index (χ0) is 17.4. The first-order valence-electron chi connectivity index (χ1n) is 7.98. The van der Waals surface area contributed by atoms with Crippen LogP contribution in [-0.4, -0.2) is 28.5 Å². The van der Waals surface area contributed by atoms with Crippen molar-refractivity contribution in [3.05, 3.63) is 46.5 Å². The molecule has 0 unspecified atom stereocenters.